The molecule has 0 aliphatic carbocycles. The Balaban J connectivity index is 1.35. The molecular formula is C41H46ClN3O5S. The summed E-state index contributed by atoms with van der Waals surface area (Å²) in [5.41, 5.74) is 5.41. The van der Waals surface area contributed by atoms with Crippen molar-refractivity contribution in [1.29, 1.82) is 0 Å². The first-order chi connectivity index (χ1) is 24.6. The highest BCUT2D eigenvalue weighted by molar-refractivity contribution is 7.89. The van der Waals surface area contributed by atoms with Crippen molar-refractivity contribution < 1.29 is 23.1 Å². The van der Waals surface area contributed by atoms with Gasteiger partial charge in [0, 0.05) is 59.6 Å². The van der Waals surface area contributed by atoms with Gasteiger partial charge in [0.2, 0.25) is 10.0 Å². The van der Waals surface area contributed by atoms with Gasteiger partial charge in [-0.05, 0) is 85.8 Å². The first-order valence-corrected chi connectivity index (χ1v) is 19.7. The van der Waals surface area contributed by atoms with Crippen LogP contribution < -0.4 is 9.46 Å². The number of carbonyl (C=O) groups is 1. The number of aromatic nitrogens is 1. The summed E-state index contributed by atoms with van der Waals surface area (Å²) in [4.78, 5) is 13.7. The number of nitrogens with one attached hydrogen (secondary N) is 1. The first-order valence-electron chi connectivity index (χ1n) is 17.7. The van der Waals surface area contributed by atoms with E-state index in [-0.39, 0.29) is 23.9 Å². The van der Waals surface area contributed by atoms with Crippen LogP contribution in [0.2, 0.25) is 5.02 Å². The van der Waals surface area contributed by atoms with E-state index in [1.54, 1.807) is 12.1 Å². The van der Waals surface area contributed by atoms with Crippen molar-refractivity contribution in [2.75, 3.05) is 25.4 Å². The van der Waals surface area contributed by atoms with E-state index in [0.717, 1.165) is 46.1 Å². The highest BCUT2D eigenvalue weighted by Crippen LogP contribution is 2.38. The number of piperidine rings is 1. The summed E-state index contributed by atoms with van der Waals surface area (Å²) in [6.45, 7) is 5.44. The number of halogens is 1. The maximum atomic E-state index is 13.4. The van der Waals surface area contributed by atoms with E-state index < -0.39 is 16.0 Å². The molecule has 4 aromatic carbocycles. The van der Waals surface area contributed by atoms with Crippen molar-refractivity contribution in [3.63, 3.8) is 0 Å². The summed E-state index contributed by atoms with van der Waals surface area (Å²) < 4.78 is 38.2. The first kappa shape index (κ1) is 36.6. The molecule has 1 aliphatic rings. The number of aromatic carboxylic acids is 1. The minimum Gasteiger partial charge on any atom is -0.493 e. The van der Waals surface area contributed by atoms with Gasteiger partial charge in [-0.2, -0.15) is 0 Å². The maximum Gasteiger partial charge on any atom is 0.335 e. The fourth-order valence-electron chi connectivity index (χ4n) is 7.52. The van der Waals surface area contributed by atoms with Crippen molar-refractivity contribution in [2.24, 2.45) is 0 Å². The molecule has 1 aromatic heterocycles. The summed E-state index contributed by atoms with van der Waals surface area (Å²) in [6, 6.07) is 33.5. The number of fused-ring (bicyclic) bond motifs is 1. The number of sulfonamides is 1. The molecule has 0 spiro atoms. The summed E-state index contributed by atoms with van der Waals surface area (Å²) in [5, 5.41) is 10.9. The van der Waals surface area contributed by atoms with Crippen molar-refractivity contribution in [3.05, 3.63) is 136 Å². The van der Waals surface area contributed by atoms with Crippen molar-refractivity contribution in [3.8, 4) is 5.75 Å². The standard InChI is InChI=1S/C41H46ClN3O5S/c1-29-10-9-11-30(2)44(29)25-27-51(48,49)43-24-22-39-36(23-26-50-35-19-16-33(17-20-35)41(46)47)37-28-34(42)18-21-38(37)45(39)40(31-12-5-3-6-13-31)32-14-7-4-8-15-32/h3-8,12-21,28-30,40,43H,9-11,22-27H2,1-2H3,(H,46,47)/t29-,30+. The van der Waals surface area contributed by atoms with Crippen LogP contribution in [0.1, 0.15) is 71.9 Å². The Bertz CT molecular complexity index is 1990. The molecule has 0 amide bonds. The second-order valence-electron chi connectivity index (χ2n) is 13.4. The Hall–Kier alpha value is -4.15. The number of hydrogen-bond acceptors (Lipinski definition) is 5. The van der Waals surface area contributed by atoms with Gasteiger partial charge in [-0.25, -0.2) is 17.9 Å². The van der Waals surface area contributed by atoms with Crippen LogP contribution in [0.3, 0.4) is 0 Å². The highest BCUT2D eigenvalue weighted by Gasteiger charge is 2.28. The SMILES string of the molecule is C[C@@H]1CCC[C@H](C)N1CCS(=O)(=O)NCCc1c(CCOc2ccc(C(=O)O)cc2)c2cc(Cl)ccc2n1C(c1ccccc1)c1ccccc1. The van der Waals surface area contributed by atoms with Crippen molar-refractivity contribution in [1.82, 2.24) is 14.2 Å². The molecule has 2 heterocycles. The third-order valence-corrected chi connectivity index (χ3v) is 11.7. The van der Waals surface area contributed by atoms with Gasteiger partial charge < -0.3 is 14.4 Å². The van der Waals surface area contributed by atoms with Crippen LogP contribution in [-0.4, -0.2) is 66.5 Å². The zero-order chi connectivity index (χ0) is 36.0. The molecule has 0 unspecified atom stereocenters. The lowest BCUT2D eigenvalue weighted by Gasteiger charge is -2.38. The number of carboxylic acids is 1. The van der Waals surface area contributed by atoms with Crippen LogP contribution in [0.5, 0.6) is 5.75 Å². The highest BCUT2D eigenvalue weighted by atomic mass is 35.5. The lowest BCUT2D eigenvalue weighted by Crippen LogP contribution is -2.46. The molecule has 2 N–H and O–H groups in total. The Morgan fingerprint density at radius 1 is 0.902 bits per heavy atom. The zero-order valence-electron chi connectivity index (χ0n) is 29.2. The van der Waals surface area contributed by atoms with Crippen molar-refractivity contribution in [2.45, 2.75) is 64.1 Å². The molecule has 0 radical (unpaired) electrons. The number of ether oxygens (including phenoxy) is 1. The number of likely N-dealkylation sites (tertiary alicyclic amines) is 1. The Morgan fingerprint density at radius 3 is 2.14 bits per heavy atom. The van der Waals surface area contributed by atoms with E-state index in [9.17, 15) is 18.3 Å². The molecule has 0 bridgehead atoms. The monoisotopic (exact) mass is 727 g/mol. The van der Waals surface area contributed by atoms with Gasteiger partial charge in [-0.3, -0.25) is 4.90 Å². The Kier molecular flexibility index (Phi) is 11.8. The molecule has 1 aliphatic heterocycles. The van der Waals surface area contributed by atoms with Crippen LogP contribution in [0.15, 0.2) is 103 Å². The van der Waals surface area contributed by atoms with Crippen LogP contribution in [0.25, 0.3) is 10.9 Å². The molecule has 1 fully saturated rings. The maximum absolute atomic E-state index is 13.4. The largest absolute Gasteiger partial charge is 0.493 e. The summed E-state index contributed by atoms with van der Waals surface area (Å²) in [6.07, 6.45) is 4.34. The molecule has 10 heteroatoms. The second kappa shape index (κ2) is 16.5. The van der Waals surface area contributed by atoms with Gasteiger partial charge in [0.05, 0.1) is 24.0 Å². The van der Waals surface area contributed by atoms with E-state index in [1.165, 1.54) is 18.6 Å². The van der Waals surface area contributed by atoms with E-state index >= 15 is 0 Å². The predicted molar refractivity (Wildman–Crippen MR) is 205 cm³/mol. The van der Waals surface area contributed by atoms with Crippen LogP contribution in [0.4, 0.5) is 0 Å². The number of carboxylic acid groups (broad SMARTS) is 1. The second-order valence-corrected chi connectivity index (χ2v) is 15.8. The number of hydrogen-bond donors (Lipinski definition) is 2. The third kappa shape index (κ3) is 8.84. The zero-order valence-corrected chi connectivity index (χ0v) is 30.7. The van der Waals surface area contributed by atoms with E-state index in [1.807, 2.05) is 54.6 Å². The molecule has 1 saturated heterocycles. The van der Waals surface area contributed by atoms with Gasteiger partial charge in [-0.15, -0.1) is 0 Å². The quantitative estimate of drug-likeness (QED) is 0.114. The van der Waals surface area contributed by atoms with E-state index in [2.05, 4.69) is 52.3 Å². The van der Waals surface area contributed by atoms with Gasteiger partial charge in [0.15, 0.2) is 0 Å². The summed E-state index contributed by atoms with van der Waals surface area (Å²) >= 11 is 6.64. The smallest absolute Gasteiger partial charge is 0.335 e. The van der Waals surface area contributed by atoms with E-state index in [0.29, 0.717) is 48.8 Å². The van der Waals surface area contributed by atoms with Gasteiger partial charge in [0.25, 0.3) is 0 Å². The minimum atomic E-state index is -3.54. The van der Waals surface area contributed by atoms with Gasteiger partial charge in [0.1, 0.15) is 5.75 Å². The molecule has 0 saturated carbocycles. The average Bonchev–Trinajstić information content (AvgIpc) is 3.40. The number of nitrogens with zero attached hydrogens (tertiary/aromatic N) is 2. The Morgan fingerprint density at radius 2 is 1.53 bits per heavy atom. The Labute approximate surface area is 306 Å². The summed E-state index contributed by atoms with van der Waals surface area (Å²) in [5.74, 6) is -0.369. The fraction of sp³-hybridized carbons (Fsp3) is 0.341. The van der Waals surface area contributed by atoms with Gasteiger partial charge >= 0.3 is 5.97 Å². The number of rotatable bonds is 15. The normalized spacial score (nSPS) is 16.9. The molecule has 8 nitrogen and oxygen atoms in total. The predicted octanol–water partition coefficient (Wildman–Crippen LogP) is 7.98. The van der Waals surface area contributed by atoms with Crippen LogP contribution >= 0.6 is 11.6 Å². The van der Waals surface area contributed by atoms with E-state index in [4.69, 9.17) is 16.3 Å². The van der Waals surface area contributed by atoms with Gasteiger partial charge in [-0.1, -0.05) is 78.7 Å². The number of benzene rings is 4. The topological polar surface area (TPSA) is 101 Å². The fourth-order valence-corrected chi connectivity index (χ4v) is 8.70. The van der Waals surface area contributed by atoms with Crippen molar-refractivity contribution >= 4 is 38.5 Å². The molecule has 268 valence electrons. The molecule has 5 aromatic rings. The molecule has 6 rings (SSSR count). The molecule has 51 heavy (non-hydrogen) atoms. The molecular weight excluding hydrogens is 682 g/mol. The summed E-state index contributed by atoms with van der Waals surface area (Å²) in [7, 11) is -3.54. The molecule has 2 atom stereocenters. The third-order valence-electron chi connectivity index (χ3n) is 10.1. The lowest BCUT2D eigenvalue weighted by molar-refractivity contribution is 0.0696. The lowest BCUT2D eigenvalue weighted by atomic mass is 9.97. The van der Waals surface area contributed by atoms with Crippen LogP contribution in [-0.2, 0) is 22.9 Å². The minimum absolute atomic E-state index is 0.0539. The van der Waals surface area contributed by atoms with Crippen LogP contribution in [0, 0.1) is 0 Å². The average molecular weight is 728 g/mol.